The zero-order valence-electron chi connectivity index (χ0n) is 23.2. The lowest BCUT2D eigenvalue weighted by atomic mass is 9.72. The quantitative estimate of drug-likeness (QED) is 0.422. The van der Waals surface area contributed by atoms with Gasteiger partial charge >= 0.3 is 5.97 Å². The van der Waals surface area contributed by atoms with E-state index in [4.69, 9.17) is 4.74 Å². The SMILES string of the molecule is CCN=C1C=C2Oc3cc(CC)c(C)cc3C(c3ccc(C(=O)NCCC(C)C)cc3C(=O)O)C2C=C1C. The van der Waals surface area contributed by atoms with Crippen LogP contribution in [-0.4, -0.2) is 35.8 Å². The van der Waals surface area contributed by atoms with Gasteiger partial charge < -0.3 is 15.2 Å². The first-order valence-electron chi connectivity index (χ1n) is 13.6. The first-order chi connectivity index (χ1) is 18.1. The number of aryl methyl sites for hydroxylation is 2. The predicted molar refractivity (Wildman–Crippen MR) is 152 cm³/mol. The Morgan fingerprint density at radius 2 is 1.87 bits per heavy atom. The van der Waals surface area contributed by atoms with Gasteiger partial charge in [0, 0.05) is 42.1 Å². The van der Waals surface area contributed by atoms with Gasteiger partial charge in [0.1, 0.15) is 11.5 Å². The molecule has 6 nitrogen and oxygen atoms in total. The molecule has 2 atom stereocenters. The topological polar surface area (TPSA) is 88.0 Å². The minimum Gasteiger partial charge on any atom is -0.478 e. The molecule has 2 N–H and O–H groups in total. The van der Waals surface area contributed by atoms with E-state index < -0.39 is 5.97 Å². The third-order valence-corrected chi connectivity index (χ3v) is 7.43. The third-order valence-electron chi connectivity index (χ3n) is 7.43. The van der Waals surface area contributed by atoms with Crippen molar-refractivity contribution in [3.63, 3.8) is 0 Å². The smallest absolute Gasteiger partial charge is 0.336 e. The summed E-state index contributed by atoms with van der Waals surface area (Å²) in [4.78, 5) is 30.0. The summed E-state index contributed by atoms with van der Waals surface area (Å²) in [6.45, 7) is 13.6. The van der Waals surface area contributed by atoms with Crippen molar-refractivity contribution in [3.05, 3.63) is 87.2 Å². The van der Waals surface area contributed by atoms with Crippen molar-refractivity contribution >= 4 is 17.6 Å². The Labute approximate surface area is 225 Å². The molecule has 2 unspecified atom stereocenters. The molecule has 200 valence electrons. The fourth-order valence-electron chi connectivity index (χ4n) is 5.36. The Kier molecular flexibility index (Phi) is 8.20. The van der Waals surface area contributed by atoms with Crippen LogP contribution in [-0.2, 0) is 6.42 Å². The molecule has 0 bridgehead atoms. The Hall–Kier alpha value is -3.67. The number of hydrogen-bond acceptors (Lipinski definition) is 4. The van der Waals surface area contributed by atoms with Crippen LogP contribution in [0.5, 0.6) is 5.75 Å². The molecule has 2 aromatic carbocycles. The number of aliphatic imine (C=N–C) groups is 1. The van der Waals surface area contributed by atoms with Crippen LogP contribution in [0.2, 0.25) is 0 Å². The minimum atomic E-state index is -1.05. The number of allylic oxidation sites excluding steroid dienone is 3. The highest BCUT2D eigenvalue weighted by Crippen LogP contribution is 2.49. The van der Waals surface area contributed by atoms with E-state index in [9.17, 15) is 14.7 Å². The number of ether oxygens (including phenoxy) is 1. The highest BCUT2D eigenvalue weighted by molar-refractivity contribution is 6.09. The van der Waals surface area contributed by atoms with Gasteiger partial charge in [-0.25, -0.2) is 4.79 Å². The molecule has 1 aliphatic carbocycles. The zero-order chi connectivity index (χ0) is 27.6. The van der Waals surface area contributed by atoms with Crippen LogP contribution in [0.15, 0.2) is 58.8 Å². The number of hydrogen-bond donors (Lipinski definition) is 2. The molecule has 0 aromatic heterocycles. The summed E-state index contributed by atoms with van der Waals surface area (Å²) in [6.07, 6.45) is 5.86. The molecule has 6 heteroatoms. The maximum Gasteiger partial charge on any atom is 0.336 e. The van der Waals surface area contributed by atoms with E-state index in [2.05, 4.69) is 56.2 Å². The summed E-state index contributed by atoms with van der Waals surface area (Å²) < 4.78 is 6.46. The molecule has 4 rings (SSSR count). The van der Waals surface area contributed by atoms with E-state index in [-0.39, 0.29) is 23.3 Å². The van der Waals surface area contributed by atoms with Gasteiger partial charge in [0.2, 0.25) is 0 Å². The Morgan fingerprint density at radius 1 is 1.11 bits per heavy atom. The Bertz CT molecular complexity index is 1350. The van der Waals surface area contributed by atoms with Crippen LogP contribution in [0.3, 0.4) is 0 Å². The van der Waals surface area contributed by atoms with E-state index in [0.717, 1.165) is 46.8 Å². The minimum absolute atomic E-state index is 0.134. The monoisotopic (exact) mass is 514 g/mol. The van der Waals surface area contributed by atoms with Gasteiger partial charge in [-0.2, -0.15) is 0 Å². The van der Waals surface area contributed by atoms with Crippen molar-refractivity contribution in [3.8, 4) is 5.75 Å². The van der Waals surface area contributed by atoms with Gasteiger partial charge in [0.15, 0.2) is 0 Å². The number of carboxylic acid groups (broad SMARTS) is 1. The van der Waals surface area contributed by atoms with E-state index in [1.54, 1.807) is 12.1 Å². The molecule has 38 heavy (non-hydrogen) atoms. The van der Waals surface area contributed by atoms with Gasteiger partial charge in [0.25, 0.3) is 5.91 Å². The molecule has 1 heterocycles. The number of fused-ring (bicyclic) bond motifs is 2. The van der Waals surface area contributed by atoms with Crippen molar-refractivity contribution in [2.24, 2.45) is 16.8 Å². The lowest BCUT2D eigenvalue weighted by molar-refractivity contribution is 0.0695. The Balaban J connectivity index is 1.85. The van der Waals surface area contributed by atoms with Crippen molar-refractivity contribution in [1.29, 1.82) is 0 Å². The number of carboxylic acids is 1. The molecule has 2 aliphatic rings. The number of nitrogens with one attached hydrogen (secondary N) is 1. The van der Waals surface area contributed by atoms with Crippen LogP contribution in [0.1, 0.15) is 89.9 Å². The molecular formula is C32H38N2O4. The largest absolute Gasteiger partial charge is 0.478 e. The zero-order valence-corrected chi connectivity index (χ0v) is 23.2. The Morgan fingerprint density at radius 3 is 2.53 bits per heavy atom. The molecule has 1 aliphatic heterocycles. The first kappa shape index (κ1) is 27.4. The summed E-state index contributed by atoms with van der Waals surface area (Å²) in [7, 11) is 0. The van der Waals surface area contributed by atoms with Gasteiger partial charge in [-0.3, -0.25) is 9.79 Å². The van der Waals surface area contributed by atoms with Crippen molar-refractivity contribution in [2.75, 3.05) is 13.1 Å². The average Bonchev–Trinajstić information content (AvgIpc) is 2.87. The number of amides is 1. The van der Waals surface area contributed by atoms with Crippen LogP contribution in [0.4, 0.5) is 0 Å². The molecule has 0 saturated carbocycles. The van der Waals surface area contributed by atoms with Crippen molar-refractivity contribution in [2.45, 2.75) is 60.3 Å². The molecule has 0 radical (unpaired) electrons. The number of benzene rings is 2. The van der Waals surface area contributed by atoms with E-state index >= 15 is 0 Å². The fraction of sp³-hybridized carbons (Fsp3) is 0.406. The molecular weight excluding hydrogens is 476 g/mol. The summed E-state index contributed by atoms with van der Waals surface area (Å²) in [5, 5.41) is 13.2. The molecule has 0 spiro atoms. The lowest BCUT2D eigenvalue weighted by Gasteiger charge is -2.37. The number of aromatic carboxylic acids is 1. The van der Waals surface area contributed by atoms with Crippen molar-refractivity contribution in [1.82, 2.24) is 5.32 Å². The number of carbonyl (C=O) groups excluding carboxylic acids is 1. The van der Waals surface area contributed by atoms with E-state index in [0.29, 0.717) is 30.1 Å². The molecule has 2 aromatic rings. The number of carbonyl (C=O) groups is 2. The molecule has 1 amide bonds. The average molecular weight is 515 g/mol. The highest BCUT2D eigenvalue weighted by Gasteiger charge is 2.39. The van der Waals surface area contributed by atoms with E-state index in [1.165, 1.54) is 11.6 Å². The first-order valence-corrected chi connectivity index (χ1v) is 13.6. The van der Waals surface area contributed by atoms with Crippen LogP contribution < -0.4 is 10.1 Å². The van der Waals surface area contributed by atoms with Gasteiger partial charge in [0.05, 0.1) is 11.3 Å². The number of rotatable bonds is 8. The van der Waals surface area contributed by atoms with Crippen LogP contribution >= 0.6 is 0 Å². The van der Waals surface area contributed by atoms with Gasteiger partial charge in [-0.05, 0) is 80.0 Å². The maximum atomic E-state index is 12.8. The van der Waals surface area contributed by atoms with Crippen LogP contribution in [0.25, 0.3) is 0 Å². The van der Waals surface area contributed by atoms with Gasteiger partial charge in [-0.1, -0.05) is 39.0 Å². The van der Waals surface area contributed by atoms with E-state index in [1.807, 2.05) is 19.9 Å². The summed E-state index contributed by atoms with van der Waals surface area (Å²) >= 11 is 0. The normalized spacial score (nSPS) is 19.3. The van der Waals surface area contributed by atoms with Crippen molar-refractivity contribution < 1.29 is 19.4 Å². The molecule has 0 fully saturated rings. The maximum absolute atomic E-state index is 12.8. The standard InChI is InChI=1S/C32H38N2O4/c1-7-21-16-28-25(13-19(21)5)30(26-14-20(6)27(33-8-2)17-29(26)38-28)23-10-9-22(15-24(23)32(36)37)31(35)34-12-11-18(3)4/h9-10,13-18,26,30H,7-8,11-12H2,1-6H3,(H,34,35)(H,36,37). The second-order valence-corrected chi connectivity index (χ2v) is 10.6. The fourth-order valence-corrected chi connectivity index (χ4v) is 5.36. The van der Waals surface area contributed by atoms with Crippen LogP contribution in [0, 0.1) is 18.8 Å². The molecule has 0 saturated heterocycles. The third kappa shape index (κ3) is 5.45. The summed E-state index contributed by atoms with van der Waals surface area (Å²) in [5.41, 5.74) is 6.37. The lowest BCUT2D eigenvalue weighted by Crippen LogP contribution is -2.29. The second-order valence-electron chi connectivity index (χ2n) is 10.6. The summed E-state index contributed by atoms with van der Waals surface area (Å²) in [5.74, 6) is 0.196. The number of nitrogens with zero attached hydrogens (tertiary/aromatic N) is 1. The predicted octanol–water partition coefficient (Wildman–Crippen LogP) is 6.48. The highest BCUT2D eigenvalue weighted by atomic mass is 16.5. The summed E-state index contributed by atoms with van der Waals surface area (Å²) in [6, 6.07) is 9.26. The van der Waals surface area contributed by atoms with Gasteiger partial charge in [-0.15, -0.1) is 0 Å². The second kappa shape index (κ2) is 11.4.